The molecular formula is C12H18N4. The molecule has 0 aromatic carbocycles. The van der Waals surface area contributed by atoms with Gasteiger partial charge >= 0.3 is 0 Å². The SMILES string of the molecule is CCCCC(C)Nc1ncc(C#N)cc1N. The zero-order chi connectivity index (χ0) is 12.0. The average molecular weight is 218 g/mol. The van der Waals surface area contributed by atoms with E-state index in [9.17, 15) is 0 Å². The van der Waals surface area contributed by atoms with Gasteiger partial charge in [-0.3, -0.25) is 0 Å². The van der Waals surface area contributed by atoms with Crippen LogP contribution in [0.5, 0.6) is 0 Å². The van der Waals surface area contributed by atoms with Gasteiger partial charge in [0.1, 0.15) is 11.9 Å². The summed E-state index contributed by atoms with van der Waals surface area (Å²) in [6.07, 6.45) is 5.00. The van der Waals surface area contributed by atoms with Crippen LogP contribution in [0.4, 0.5) is 11.5 Å². The largest absolute Gasteiger partial charge is 0.396 e. The number of nitrogens with two attached hydrogens (primary N) is 1. The van der Waals surface area contributed by atoms with Crippen LogP contribution < -0.4 is 11.1 Å². The molecular weight excluding hydrogens is 200 g/mol. The molecule has 0 spiro atoms. The Labute approximate surface area is 96.5 Å². The van der Waals surface area contributed by atoms with E-state index in [-0.39, 0.29) is 0 Å². The summed E-state index contributed by atoms with van der Waals surface area (Å²) in [6, 6.07) is 4.00. The van der Waals surface area contributed by atoms with Gasteiger partial charge in [-0.2, -0.15) is 5.26 Å². The van der Waals surface area contributed by atoms with Gasteiger partial charge in [0, 0.05) is 12.2 Å². The molecule has 0 aliphatic carbocycles. The summed E-state index contributed by atoms with van der Waals surface area (Å²) in [6.45, 7) is 4.27. The first-order chi connectivity index (χ1) is 7.67. The second-order valence-electron chi connectivity index (χ2n) is 3.96. The van der Waals surface area contributed by atoms with Crippen molar-refractivity contribution in [3.05, 3.63) is 17.8 Å². The first-order valence-corrected chi connectivity index (χ1v) is 5.59. The zero-order valence-corrected chi connectivity index (χ0v) is 9.83. The molecule has 0 fully saturated rings. The monoisotopic (exact) mass is 218 g/mol. The standard InChI is InChI=1S/C12H18N4/c1-3-4-5-9(2)16-12-11(14)6-10(7-13)8-15-12/h6,8-9H,3-5,14H2,1-2H3,(H,15,16). The van der Waals surface area contributed by atoms with Crippen LogP contribution in [-0.4, -0.2) is 11.0 Å². The Morgan fingerprint density at radius 3 is 2.94 bits per heavy atom. The van der Waals surface area contributed by atoms with Crippen molar-refractivity contribution in [2.45, 2.75) is 39.2 Å². The second kappa shape index (κ2) is 5.96. The molecule has 1 rings (SSSR count). The van der Waals surface area contributed by atoms with E-state index in [2.05, 4.69) is 24.1 Å². The normalized spacial score (nSPS) is 11.8. The summed E-state index contributed by atoms with van der Waals surface area (Å²) in [7, 11) is 0. The van der Waals surface area contributed by atoms with Crippen molar-refractivity contribution in [1.29, 1.82) is 5.26 Å². The van der Waals surface area contributed by atoms with Gasteiger partial charge in [0.25, 0.3) is 0 Å². The van der Waals surface area contributed by atoms with Gasteiger partial charge in [-0.1, -0.05) is 19.8 Å². The van der Waals surface area contributed by atoms with E-state index >= 15 is 0 Å². The van der Waals surface area contributed by atoms with E-state index in [4.69, 9.17) is 11.0 Å². The van der Waals surface area contributed by atoms with Crippen molar-refractivity contribution < 1.29 is 0 Å². The van der Waals surface area contributed by atoms with E-state index in [0.717, 1.165) is 6.42 Å². The molecule has 4 nitrogen and oxygen atoms in total. The smallest absolute Gasteiger partial charge is 0.149 e. The Morgan fingerprint density at radius 1 is 1.62 bits per heavy atom. The molecule has 1 heterocycles. The third-order valence-corrected chi connectivity index (χ3v) is 2.42. The molecule has 3 N–H and O–H groups in total. The van der Waals surface area contributed by atoms with Crippen LogP contribution in [0, 0.1) is 11.3 Å². The Balaban J connectivity index is 2.64. The summed E-state index contributed by atoms with van der Waals surface area (Å²) in [5.41, 5.74) is 6.82. The van der Waals surface area contributed by atoms with Crippen molar-refractivity contribution in [1.82, 2.24) is 4.98 Å². The minimum atomic E-state index is 0.350. The molecule has 0 aliphatic rings. The summed E-state index contributed by atoms with van der Waals surface area (Å²) in [4.78, 5) is 4.14. The third kappa shape index (κ3) is 3.43. The summed E-state index contributed by atoms with van der Waals surface area (Å²) in [5.74, 6) is 0.669. The predicted molar refractivity (Wildman–Crippen MR) is 66.0 cm³/mol. The fraction of sp³-hybridized carbons (Fsp3) is 0.500. The molecule has 86 valence electrons. The summed E-state index contributed by atoms with van der Waals surface area (Å²) in [5, 5.41) is 11.9. The molecule has 0 saturated heterocycles. The van der Waals surface area contributed by atoms with Crippen LogP contribution in [-0.2, 0) is 0 Å². The second-order valence-corrected chi connectivity index (χ2v) is 3.96. The number of nitrogen functional groups attached to an aromatic ring is 1. The number of pyridine rings is 1. The zero-order valence-electron chi connectivity index (χ0n) is 9.83. The van der Waals surface area contributed by atoms with Crippen molar-refractivity contribution >= 4 is 11.5 Å². The highest BCUT2D eigenvalue weighted by atomic mass is 15.0. The van der Waals surface area contributed by atoms with Crippen LogP contribution >= 0.6 is 0 Å². The van der Waals surface area contributed by atoms with E-state index in [1.165, 1.54) is 19.0 Å². The van der Waals surface area contributed by atoms with E-state index < -0.39 is 0 Å². The van der Waals surface area contributed by atoms with Crippen molar-refractivity contribution in [2.24, 2.45) is 0 Å². The molecule has 1 aromatic heterocycles. The van der Waals surface area contributed by atoms with Crippen LogP contribution in [0.2, 0.25) is 0 Å². The minimum absolute atomic E-state index is 0.350. The number of nitriles is 1. The molecule has 1 unspecified atom stereocenters. The highest BCUT2D eigenvalue weighted by Crippen LogP contribution is 2.17. The Kier molecular flexibility index (Phi) is 4.59. The summed E-state index contributed by atoms with van der Waals surface area (Å²) >= 11 is 0. The van der Waals surface area contributed by atoms with E-state index in [1.807, 2.05) is 6.07 Å². The van der Waals surface area contributed by atoms with Gasteiger partial charge in [-0.15, -0.1) is 0 Å². The number of rotatable bonds is 5. The molecule has 16 heavy (non-hydrogen) atoms. The molecule has 0 saturated carbocycles. The summed E-state index contributed by atoms with van der Waals surface area (Å²) < 4.78 is 0. The van der Waals surface area contributed by atoms with E-state index in [0.29, 0.717) is 23.1 Å². The van der Waals surface area contributed by atoms with Gasteiger partial charge in [0.05, 0.1) is 11.3 Å². The maximum atomic E-state index is 8.68. The predicted octanol–water partition coefficient (Wildman–Crippen LogP) is 2.53. The van der Waals surface area contributed by atoms with Crippen LogP contribution in [0.3, 0.4) is 0 Å². The number of nitrogens with zero attached hydrogens (tertiary/aromatic N) is 2. The van der Waals surface area contributed by atoms with Crippen molar-refractivity contribution in [2.75, 3.05) is 11.1 Å². The first kappa shape index (κ1) is 12.3. The van der Waals surface area contributed by atoms with Crippen LogP contribution in [0.25, 0.3) is 0 Å². The highest BCUT2D eigenvalue weighted by Gasteiger charge is 2.06. The Bertz CT molecular complexity index is 381. The molecule has 1 atom stereocenters. The number of anilines is 2. The highest BCUT2D eigenvalue weighted by molar-refractivity contribution is 5.63. The third-order valence-electron chi connectivity index (χ3n) is 2.42. The van der Waals surface area contributed by atoms with Crippen molar-refractivity contribution in [3.63, 3.8) is 0 Å². The molecule has 0 bridgehead atoms. The van der Waals surface area contributed by atoms with Gasteiger partial charge in [-0.05, 0) is 19.4 Å². The molecule has 1 aromatic rings. The number of hydrogen-bond donors (Lipinski definition) is 2. The van der Waals surface area contributed by atoms with Gasteiger partial charge in [0.15, 0.2) is 0 Å². The maximum absolute atomic E-state index is 8.68. The lowest BCUT2D eigenvalue weighted by Crippen LogP contribution is -2.17. The maximum Gasteiger partial charge on any atom is 0.149 e. The molecule has 0 amide bonds. The quantitative estimate of drug-likeness (QED) is 0.796. The lowest BCUT2D eigenvalue weighted by atomic mass is 10.1. The van der Waals surface area contributed by atoms with Gasteiger partial charge < -0.3 is 11.1 Å². The molecule has 0 radical (unpaired) electrons. The fourth-order valence-electron chi connectivity index (χ4n) is 1.48. The average Bonchev–Trinajstić information content (AvgIpc) is 2.29. The number of aromatic nitrogens is 1. The topological polar surface area (TPSA) is 74.7 Å². The number of unbranched alkanes of at least 4 members (excludes halogenated alkanes) is 1. The Hall–Kier alpha value is -1.76. The van der Waals surface area contributed by atoms with Gasteiger partial charge in [0.2, 0.25) is 0 Å². The molecule has 4 heteroatoms. The lowest BCUT2D eigenvalue weighted by Gasteiger charge is -2.15. The van der Waals surface area contributed by atoms with Crippen LogP contribution in [0.1, 0.15) is 38.7 Å². The Morgan fingerprint density at radius 2 is 2.38 bits per heavy atom. The fourth-order valence-corrected chi connectivity index (χ4v) is 1.48. The van der Waals surface area contributed by atoms with Crippen molar-refractivity contribution in [3.8, 4) is 6.07 Å². The minimum Gasteiger partial charge on any atom is -0.396 e. The number of nitrogens with one attached hydrogen (secondary N) is 1. The van der Waals surface area contributed by atoms with Crippen LogP contribution in [0.15, 0.2) is 12.3 Å². The lowest BCUT2D eigenvalue weighted by molar-refractivity contribution is 0.643. The van der Waals surface area contributed by atoms with Gasteiger partial charge in [-0.25, -0.2) is 4.98 Å². The molecule has 0 aliphatic heterocycles. The first-order valence-electron chi connectivity index (χ1n) is 5.59. The van der Waals surface area contributed by atoms with E-state index in [1.54, 1.807) is 6.07 Å². The number of hydrogen-bond acceptors (Lipinski definition) is 4.